The fourth-order valence-corrected chi connectivity index (χ4v) is 4.23. The van der Waals surface area contributed by atoms with Gasteiger partial charge in [-0.05, 0) is 74.1 Å². The van der Waals surface area contributed by atoms with Gasteiger partial charge in [0.2, 0.25) is 5.91 Å². The zero-order valence-corrected chi connectivity index (χ0v) is 16.2. The Balaban J connectivity index is 1.69. The number of carbonyl (C=O) groups excluding carboxylic acids is 1. The highest BCUT2D eigenvalue weighted by Crippen LogP contribution is 2.39. The summed E-state index contributed by atoms with van der Waals surface area (Å²) in [5.41, 5.74) is 7.49. The van der Waals surface area contributed by atoms with E-state index in [4.69, 9.17) is 5.73 Å². The zero-order valence-electron chi connectivity index (χ0n) is 16.2. The van der Waals surface area contributed by atoms with Crippen molar-refractivity contribution in [2.75, 3.05) is 0 Å². The molecule has 0 atom stereocenters. The van der Waals surface area contributed by atoms with Crippen molar-refractivity contribution in [3.8, 4) is 0 Å². The number of primary amides is 1. The summed E-state index contributed by atoms with van der Waals surface area (Å²) < 4.78 is 40.9. The van der Waals surface area contributed by atoms with E-state index in [0.29, 0.717) is 11.5 Å². The number of alkyl halides is 3. The topological polar surface area (TPSA) is 60.9 Å². The van der Waals surface area contributed by atoms with Gasteiger partial charge in [0.05, 0.1) is 11.3 Å². The van der Waals surface area contributed by atoms with Crippen molar-refractivity contribution >= 4 is 5.91 Å². The maximum Gasteiger partial charge on any atom is 0.416 e. The summed E-state index contributed by atoms with van der Waals surface area (Å²) in [7, 11) is 0. The van der Waals surface area contributed by atoms with Gasteiger partial charge in [0.1, 0.15) is 0 Å². The Labute approximate surface area is 162 Å². The van der Waals surface area contributed by atoms with E-state index >= 15 is 0 Å². The summed E-state index contributed by atoms with van der Waals surface area (Å²) in [5, 5.41) is 4.62. The van der Waals surface area contributed by atoms with Crippen molar-refractivity contribution < 1.29 is 18.0 Å². The van der Waals surface area contributed by atoms with Crippen LogP contribution < -0.4 is 5.73 Å². The van der Waals surface area contributed by atoms with Gasteiger partial charge in [-0.3, -0.25) is 9.48 Å². The molecule has 1 aromatic carbocycles. The normalized spacial score (nSPS) is 20.3. The highest BCUT2D eigenvalue weighted by atomic mass is 19.4. The van der Waals surface area contributed by atoms with Crippen molar-refractivity contribution in [2.45, 2.75) is 64.6 Å². The van der Waals surface area contributed by atoms with Gasteiger partial charge in [-0.1, -0.05) is 13.0 Å². The molecule has 1 saturated carbocycles. The third-order valence-electron chi connectivity index (χ3n) is 5.76. The van der Waals surface area contributed by atoms with Gasteiger partial charge in [-0.2, -0.15) is 18.3 Å². The summed E-state index contributed by atoms with van der Waals surface area (Å²) in [6.07, 6.45) is 2.06. The van der Waals surface area contributed by atoms with Gasteiger partial charge in [0.15, 0.2) is 0 Å². The monoisotopic (exact) mass is 393 g/mol. The fraction of sp³-hybridized carbons (Fsp3) is 0.524. The lowest BCUT2D eigenvalue weighted by Crippen LogP contribution is -2.22. The molecule has 0 saturated heterocycles. The first-order chi connectivity index (χ1) is 13.2. The number of hydrogen-bond acceptors (Lipinski definition) is 2. The van der Waals surface area contributed by atoms with Crippen molar-refractivity contribution in [1.29, 1.82) is 0 Å². The second kappa shape index (κ2) is 7.97. The number of carbonyl (C=O) groups is 1. The molecule has 1 aliphatic carbocycles. The number of nitrogens with zero attached hydrogens (tertiary/aromatic N) is 2. The SMILES string of the molecule is CCc1nn(CC2CCC(c3ccc(C(F)(F)F)cc3C(N)=O)CC2)cc1C. The Bertz CT molecular complexity index is 849. The van der Waals surface area contributed by atoms with Crippen LogP contribution in [0.3, 0.4) is 0 Å². The highest BCUT2D eigenvalue weighted by Gasteiger charge is 2.33. The van der Waals surface area contributed by atoms with Gasteiger partial charge >= 0.3 is 6.18 Å². The number of aromatic nitrogens is 2. The minimum atomic E-state index is -4.49. The smallest absolute Gasteiger partial charge is 0.366 e. The second-order valence-electron chi connectivity index (χ2n) is 7.72. The van der Waals surface area contributed by atoms with Crippen LogP contribution in [-0.2, 0) is 19.1 Å². The predicted molar refractivity (Wildman–Crippen MR) is 101 cm³/mol. The highest BCUT2D eigenvalue weighted by molar-refractivity contribution is 5.94. The largest absolute Gasteiger partial charge is 0.416 e. The third-order valence-corrected chi connectivity index (χ3v) is 5.76. The van der Waals surface area contributed by atoms with Crippen LogP contribution in [0, 0.1) is 12.8 Å². The molecular weight excluding hydrogens is 367 g/mol. The summed E-state index contributed by atoms with van der Waals surface area (Å²) in [5.74, 6) is -0.263. The fourth-order valence-electron chi connectivity index (χ4n) is 4.23. The Hall–Kier alpha value is -2.31. The van der Waals surface area contributed by atoms with E-state index in [1.54, 1.807) is 0 Å². The number of amides is 1. The van der Waals surface area contributed by atoms with Crippen LogP contribution in [-0.4, -0.2) is 15.7 Å². The third kappa shape index (κ3) is 4.39. The Morgan fingerprint density at radius 1 is 1.25 bits per heavy atom. The first-order valence-corrected chi connectivity index (χ1v) is 9.73. The van der Waals surface area contributed by atoms with Crippen molar-refractivity contribution in [2.24, 2.45) is 11.7 Å². The van der Waals surface area contributed by atoms with E-state index in [2.05, 4.69) is 25.1 Å². The molecule has 0 radical (unpaired) electrons. The molecule has 4 nitrogen and oxygen atoms in total. The second-order valence-corrected chi connectivity index (χ2v) is 7.72. The number of nitrogens with two attached hydrogens (primary N) is 1. The minimum Gasteiger partial charge on any atom is -0.366 e. The first-order valence-electron chi connectivity index (χ1n) is 9.73. The van der Waals surface area contributed by atoms with Gasteiger partial charge in [0.25, 0.3) is 0 Å². The lowest BCUT2D eigenvalue weighted by atomic mass is 9.77. The molecule has 1 aromatic heterocycles. The number of rotatable bonds is 5. The van der Waals surface area contributed by atoms with Crippen LogP contribution in [0.4, 0.5) is 13.2 Å². The van der Waals surface area contributed by atoms with Crippen molar-refractivity contribution in [3.05, 3.63) is 52.3 Å². The molecule has 1 fully saturated rings. The predicted octanol–water partition coefficient (Wildman–Crippen LogP) is 4.85. The van der Waals surface area contributed by atoms with Gasteiger partial charge in [0, 0.05) is 18.3 Å². The number of halogens is 3. The Morgan fingerprint density at radius 3 is 2.46 bits per heavy atom. The number of aryl methyl sites for hydroxylation is 2. The van der Waals surface area contributed by atoms with Gasteiger partial charge < -0.3 is 5.73 Å². The van der Waals surface area contributed by atoms with E-state index in [9.17, 15) is 18.0 Å². The van der Waals surface area contributed by atoms with E-state index in [1.807, 2.05) is 4.68 Å². The molecule has 0 aliphatic heterocycles. The first kappa shape index (κ1) is 20.4. The molecule has 0 bridgehead atoms. The summed E-state index contributed by atoms with van der Waals surface area (Å²) in [6, 6.07) is 3.37. The van der Waals surface area contributed by atoms with Crippen LogP contribution in [0.2, 0.25) is 0 Å². The van der Waals surface area contributed by atoms with E-state index < -0.39 is 17.6 Å². The molecule has 0 spiro atoms. The lowest BCUT2D eigenvalue weighted by molar-refractivity contribution is -0.137. The van der Waals surface area contributed by atoms with E-state index in [1.165, 1.54) is 11.6 Å². The summed E-state index contributed by atoms with van der Waals surface area (Å²) in [4.78, 5) is 11.8. The lowest BCUT2D eigenvalue weighted by Gasteiger charge is -2.30. The molecule has 28 heavy (non-hydrogen) atoms. The number of benzene rings is 1. The molecule has 2 aromatic rings. The maximum atomic E-state index is 13.0. The van der Waals surface area contributed by atoms with Crippen LogP contribution in [0.25, 0.3) is 0 Å². The van der Waals surface area contributed by atoms with Gasteiger partial charge in [-0.15, -0.1) is 0 Å². The summed E-state index contributed by atoms with van der Waals surface area (Å²) >= 11 is 0. The minimum absolute atomic E-state index is 0.00596. The molecule has 7 heteroatoms. The molecule has 3 rings (SSSR count). The zero-order chi connectivity index (χ0) is 20.5. The van der Waals surface area contributed by atoms with Crippen LogP contribution in [0.15, 0.2) is 24.4 Å². The molecule has 1 heterocycles. The standard InChI is InChI=1S/C21H26F3N3O/c1-3-19-13(2)11-27(26-19)12-14-4-6-15(7-5-14)17-9-8-16(21(22,23)24)10-18(17)20(25)28/h8-11,14-15H,3-7,12H2,1-2H3,(H2,25,28). The molecule has 2 N–H and O–H groups in total. The Morgan fingerprint density at radius 2 is 1.93 bits per heavy atom. The van der Waals surface area contributed by atoms with Crippen LogP contribution in [0.5, 0.6) is 0 Å². The maximum absolute atomic E-state index is 13.0. The molecule has 1 amide bonds. The van der Waals surface area contributed by atoms with Crippen LogP contribution >= 0.6 is 0 Å². The Kier molecular flexibility index (Phi) is 5.82. The average Bonchev–Trinajstić information content (AvgIpc) is 3.00. The van der Waals surface area contributed by atoms with Crippen molar-refractivity contribution in [1.82, 2.24) is 9.78 Å². The summed E-state index contributed by atoms with van der Waals surface area (Å²) in [6.45, 7) is 5.00. The molecule has 1 aliphatic rings. The van der Waals surface area contributed by atoms with Crippen molar-refractivity contribution in [3.63, 3.8) is 0 Å². The molecule has 0 unspecified atom stereocenters. The molecule has 152 valence electrons. The van der Waals surface area contributed by atoms with E-state index in [-0.39, 0.29) is 11.5 Å². The van der Waals surface area contributed by atoms with E-state index in [0.717, 1.165) is 56.5 Å². The van der Waals surface area contributed by atoms with Crippen LogP contribution in [0.1, 0.15) is 71.3 Å². The quantitative estimate of drug-likeness (QED) is 0.790. The number of hydrogen-bond donors (Lipinski definition) is 1. The molecular formula is C21H26F3N3O. The average molecular weight is 393 g/mol. The van der Waals surface area contributed by atoms with Gasteiger partial charge in [-0.25, -0.2) is 0 Å².